The smallest absolute Gasteiger partial charge is 0.264 e. The predicted molar refractivity (Wildman–Crippen MR) is 120 cm³/mol. The molecule has 5 nitrogen and oxygen atoms in total. The van der Waals surface area contributed by atoms with E-state index < -0.39 is 15.8 Å². The van der Waals surface area contributed by atoms with E-state index in [4.69, 9.17) is 0 Å². The topological polar surface area (TPSA) is 66.5 Å². The average molecular weight is 441 g/mol. The van der Waals surface area contributed by atoms with E-state index in [2.05, 4.69) is 5.32 Å². The Morgan fingerprint density at radius 2 is 1.68 bits per heavy atom. The van der Waals surface area contributed by atoms with E-state index in [0.717, 1.165) is 17.1 Å². The van der Waals surface area contributed by atoms with Gasteiger partial charge in [-0.15, -0.1) is 0 Å². The molecule has 0 saturated carbocycles. The van der Waals surface area contributed by atoms with Gasteiger partial charge in [0.05, 0.1) is 10.6 Å². The third-order valence-electron chi connectivity index (χ3n) is 5.03. The minimum absolute atomic E-state index is 0.0103. The Kier molecular flexibility index (Phi) is 7.07. The second kappa shape index (κ2) is 9.75. The number of rotatable bonds is 8. The van der Waals surface area contributed by atoms with Crippen LogP contribution in [0, 0.1) is 5.82 Å². The van der Waals surface area contributed by atoms with Crippen LogP contribution in [0.5, 0.6) is 0 Å². The van der Waals surface area contributed by atoms with Crippen LogP contribution in [0.1, 0.15) is 29.3 Å². The van der Waals surface area contributed by atoms with Crippen molar-refractivity contribution in [3.05, 3.63) is 95.8 Å². The van der Waals surface area contributed by atoms with Crippen LogP contribution >= 0.6 is 0 Å². The van der Waals surface area contributed by atoms with Gasteiger partial charge in [0.1, 0.15) is 5.82 Å². The highest BCUT2D eigenvalue weighted by molar-refractivity contribution is 7.92. The molecule has 0 aliphatic carbocycles. The second-order valence-electron chi connectivity index (χ2n) is 7.38. The Morgan fingerprint density at radius 3 is 2.35 bits per heavy atom. The largest absolute Gasteiger partial charge is 0.350 e. The van der Waals surface area contributed by atoms with Crippen molar-refractivity contribution < 1.29 is 17.6 Å². The maximum absolute atomic E-state index is 13.2. The Hall–Kier alpha value is -3.19. The number of nitrogens with one attached hydrogen (secondary N) is 1. The molecule has 0 bridgehead atoms. The summed E-state index contributed by atoms with van der Waals surface area (Å²) in [6.45, 7) is 1.92. The molecular formula is C24H25FN2O3S. The minimum Gasteiger partial charge on any atom is -0.350 e. The maximum Gasteiger partial charge on any atom is 0.264 e. The van der Waals surface area contributed by atoms with Crippen molar-refractivity contribution in [1.82, 2.24) is 5.32 Å². The van der Waals surface area contributed by atoms with Gasteiger partial charge in [-0.05, 0) is 67.8 Å². The van der Waals surface area contributed by atoms with Crippen molar-refractivity contribution in [1.29, 1.82) is 0 Å². The number of halogens is 1. The Labute approximate surface area is 182 Å². The molecule has 1 unspecified atom stereocenters. The molecule has 0 aliphatic heterocycles. The number of hydrogen-bond donors (Lipinski definition) is 1. The third kappa shape index (κ3) is 5.70. The highest BCUT2D eigenvalue weighted by atomic mass is 32.2. The lowest BCUT2D eigenvalue weighted by molar-refractivity contribution is 0.0938. The molecule has 0 aliphatic rings. The van der Waals surface area contributed by atoms with E-state index in [-0.39, 0.29) is 22.4 Å². The van der Waals surface area contributed by atoms with Crippen molar-refractivity contribution >= 4 is 21.6 Å². The second-order valence-corrected chi connectivity index (χ2v) is 9.34. The number of nitrogens with zero attached hydrogens (tertiary/aromatic N) is 1. The lowest BCUT2D eigenvalue weighted by atomic mass is 10.1. The summed E-state index contributed by atoms with van der Waals surface area (Å²) in [5.74, 6) is -0.781. The zero-order chi connectivity index (χ0) is 22.4. The zero-order valence-electron chi connectivity index (χ0n) is 17.5. The van der Waals surface area contributed by atoms with E-state index >= 15 is 0 Å². The number of sulfonamides is 1. The zero-order valence-corrected chi connectivity index (χ0v) is 18.3. The molecule has 31 heavy (non-hydrogen) atoms. The van der Waals surface area contributed by atoms with Crippen LogP contribution in [0.25, 0.3) is 0 Å². The first kappa shape index (κ1) is 22.5. The van der Waals surface area contributed by atoms with Gasteiger partial charge < -0.3 is 5.32 Å². The van der Waals surface area contributed by atoms with Gasteiger partial charge in [0, 0.05) is 18.7 Å². The number of benzene rings is 3. The van der Waals surface area contributed by atoms with Crippen LogP contribution in [0.15, 0.2) is 83.8 Å². The molecule has 0 spiro atoms. The van der Waals surface area contributed by atoms with Gasteiger partial charge in [-0.25, -0.2) is 12.8 Å². The molecule has 0 aromatic heterocycles. The lowest BCUT2D eigenvalue weighted by Gasteiger charge is -2.20. The summed E-state index contributed by atoms with van der Waals surface area (Å²) < 4.78 is 40.2. The number of aryl methyl sites for hydroxylation is 1. The maximum atomic E-state index is 13.2. The fraction of sp³-hybridized carbons (Fsp3) is 0.208. The summed E-state index contributed by atoms with van der Waals surface area (Å²) in [5, 5.41) is 2.92. The number of hydrogen-bond acceptors (Lipinski definition) is 3. The van der Waals surface area contributed by atoms with Gasteiger partial charge in [-0.3, -0.25) is 9.10 Å². The molecule has 7 heteroatoms. The molecule has 3 aromatic rings. The van der Waals surface area contributed by atoms with E-state index in [0.29, 0.717) is 5.69 Å². The van der Waals surface area contributed by atoms with Gasteiger partial charge in [-0.2, -0.15) is 0 Å². The molecule has 1 N–H and O–H groups in total. The molecular weight excluding hydrogens is 415 g/mol. The van der Waals surface area contributed by atoms with Crippen LogP contribution in [-0.4, -0.2) is 27.4 Å². The van der Waals surface area contributed by atoms with Crippen LogP contribution in [-0.2, 0) is 16.4 Å². The van der Waals surface area contributed by atoms with Crippen LogP contribution in [0.2, 0.25) is 0 Å². The molecule has 0 saturated heterocycles. The van der Waals surface area contributed by atoms with E-state index in [1.54, 1.807) is 6.07 Å². The summed E-state index contributed by atoms with van der Waals surface area (Å²) >= 11 is 0. The van der Waals surface area contributed by atoms with E-state index in [1.807, 2.05) is 37.3 Å². The standard InChI is InChI=1S/C24H25FN2O3S/c1-18(11-12-19-7-4-3-5-8-19)26-24(28)20-9-6-10-23(17-20)31(29,30)27(2)22-15-13-21(25)14-16-22/h3-10,13-18H,11-12H2,1-2H3,(H,26,28). The van der Waals surface area contributed by atoms with Gasteiger partial charge in [0.2, 0.25) is 0 Å². The van der Waals surface area contributed by atoms with Crippen LogP contribution < -0.4 is 9.62 Å². The molecule has 1 atom stereocenters. The first-order valence-electron chi connectivity index (χ1n) is 9.97. The fourth-order valence-electron chi connectivity index (χ4n) is 3.15. The number of amides is 1. The van der Waals surface area contributed by atoms with Crippen molar-refractivity contribution in [2.45, 2.75) is 30.7 Å². The SMILES string of the molecule is CC(CCc1ccccc1)NC(=O)c1cccc(S(=O)(=O)N(C)c2ccc(F)cc2)c1. The summed E-state index contributed by atoms with van der Waals surface area (Å²) in [6.07, 6.45) is 1.60. The predicted octanol–water partition coefficient (Wildman–Crippen LogP) is 4.40. The minimum atomic E-state index is -3.90. The van der Waals surface area contributed by atoms with Crippen molar-refractivity contribution in [2.75, 3.05) is 11.4 Å². The molecule has 3 rings (SSSR count). The molecule has 1 amide bonds. The molecule has 0 fully saturated rings. The first-order valence-corrected chi connectivity index (χ1v) is 11.4. The average Bonchev–Trinajstić information content (AvgIpc) is 2.78. The van der Waals surface area contributed by atoms with E-state index in [9.17, 15) is 17.6 Å². The van der Waals surface area contributed by atoms with Gasteiger partial charge in [-0.1, -0.05) is 36.4 Å². The van der Waals surface area contributed by atoms with Crippen molar-refractivity contribution in [2.24, 2.45) is 0 Å². The summed E-state index contributed by atoms with van der Waals surface area (Å²) in [5.41, 5.74) is 1.78. The third-order valence-corrected chi connectivity index (χ3v) is 6.81. The quantitative estimate of drug-likeness (QED) is 0.565. The molecule has 3 aromatic carbocycles. The number of carbonyl (C=O) groups excluding carboxylic acids is 1. The van der Waals surface area contributed by atoms with Gasteiger partial charge in [0.15, 0.2) is 0 Å². The van der Waals surface area contributed by atoms with E-state index in [1.165, 1.54) is 55.1 Å². The highest BCUT2D eigenvalue weighted by Gasteiger charge is 2.22. The summed E-state index contributed by atoms with van der Waals surface area (Å²) in [4.78, 5) is 12.7. The summed E-state index contributed by atoms with van der Waals surface area (Å²) in [7, 11) is -2.51. The molecule has 0 heterocycles. The monoisotopic (exact) mass is 440 g/mol. The van der Waals surface area contributed by atoms with Crippen molar-refractivity contribution in [3.8, 4) is 0 Å². The normalized spacial score (nSPS) is 12.2. The highest BCUT2D eigenvalue weighted by Crippen LogP contribution is 2.23. The van der Waals surface area contributed by atoms with Crippen LogP contribution in [0.4, 0.5) is 10.1 Å². The van der Waals surface area contributed by atoms with Gasteiger partial charge >= 0.3 is 0 Å². The Morgan fingerprint density at radius 1 is 1.00 bits per heavy atom. The van der Waals surface area contributed by atoms with Crippen molar-refractivity contribution in [3.63, 3.8) is 0 Å². The summed E-state index contributed by atoms with van der Waals surface area (Å²) in [6, 6.07) is 21.0. The Balaban J connectivity index is 1.69. The van der Waals surface area contributed by atoms with Crippen LogP contribution in [0.3, 0.4) is 0 Å². The fourth-order valence-corrected chi connectivity index (χ4v) is 4.39. The molecule has 0 radical (unpaired) electrons. The lowest BCUT2D eigenvalue weighted by Crippen LogP contribution is -2.33. The first-order chi connectivity index (χ1) is 14.8. The number of anilines is 1. The van der Waals surface area contributed by atoms with Gasteiger partial charge in [0.25, 0.3) is 15.9 Å². The number of carbonyl (C=O) groups is 1. The Bertz CT molecular complexity index is 1130. The molecule has 162 valence electrons.